The smallest absolute Gasteiger partial charge is 0.200 e. The Hall–Kier alpha value is -1.21. The predicted molar refractivity (Wildman–Crippen MR) is 60.4 cm³/mol. The normalized spacial score (nSPS) is 14.5. The maximum atomic E-state index is 13.6. The number of hydrazine groups is 1. The molecule has 7 heteroatoms. The molecule has 0 saturated heterocycles. The zero-order valence-corrected chi connectivity index (χ0v) is 10.5. The van der Waals surface area contributed by atoms with E-state index in [1.807, 2.05) is 6.92 Å². The van der Waals surface area contributed by atoms with E-state index >= 15 is 0 Å². The molecule has 0 fully saturated rings. The summed E-state index contributed by atoms with van der Waals surface area (Å²) in [5.74, 6) is -4.61. The Labute approximate surface area is 107 Å². The van der Waals surface area contributed by atoms with Gasteiger partial charge >= 0.3 is 0 Å². The van der Waals surface area contributed by atoms with Crippen LogP contribution in [0.2, 0.25) is 0 Å². The molecule has 0 aliphatic carbocycles. The van der Waals surface area contributed by atoms with Crippen LogP contribution in [0.3, 0.4) is 0 Å². The van der Waals surface area contributed by atoms with Crippen molar-refractivity contribution in [2.45, 2.75) is 32.7 Å². The largest absolute Gasteiger partial charge is 0.271 e. The second-order valence-electron chi connectivity index (χ2n) is 4.45. The van der Waals surface area contributed by atoms with Crippen molar-refractivity contribution < 1.29 is 22.0 Å². The van der Waals surface area contributed by atoms with Gasteiger partial charge in [0.25, 0.3) is 0 Å². The van der Waals surface area contributed by atoms with Crippen molar-refractivity contribution in [1.29, 1.82) is 0 Å². The van der Waals surface area contributed by atoms with Gasteiger partial charge in [0.15, 0.2) is 23.3 Å². The van der Waals surface area contributed by atoms with Crippen LogP contribution in [0.1, 0.15) is 38.3 Å². The SMILES string of the molecule is CCC(C)CC(NN)c1c(F)c(F)c(F)c(F)c1F. The van der Waals surface area contributed by atoms with Gasteiger partial charge in [-0.1, -0.05) is 20.3 Å². The van der Waals surface area contributed by atoms with Crippen LogP contribution in [-0.2, 0) is 0 Å². The van der Waals surface area contributed by atoms with Gasteiger partial charge in [0.1, 0.15) is 0 Å². The van der Waals surface area contributed by atoms with Gasteiger partial charge in [0.05, 0.1) is 6.04 Å². The third-order valence-electron chi connectivity index (χ3n) is 3.13. The molecule has 3 N–H and O–H groups in total. The summed E-state index contributed by atoms with van der Waals surface area (Å²) < 4.78 is 66.2. The molecule has 0 bridgehead atoms. The molecule has 108 valence electrons. The third kappa shape index (κ3) is 3.03. The average molecular weight is 282 g/mol. The Morgan fingerprint density at radius 1 is 0.947 bits per heavy atom. The van der Waals surface area contributed by atoms with E-state index in [4.69, 9.17) is 5.84 Å². The van der Waals surface area contributed by atoms with Crippen molar-refractivity contribution in [1.82, 2.24) is 5.43 Å². The van der Waals surface area contributed by atoms with Crippen LogP contribution in [0.15, 0.2) is 0 Å². The number of halogens is 5. The molecule has 0 radical (unpaired) electrons. The van der Waals surface area contributed by atoms with Gasteiger partial charge in [-0.25, -0.2) is 22.0 Å². The first-order valence-electron chi connectivity index (χ1n) is 5.82. The van der Waals surface area contributed by atoms with Crippen LogP contribution in [0, 0.1) is 35.0 Å². The number of hydrogen-bond acceptors (Lipinski definition) is 2. The minimum absolute atomic E-state index is 0.0102. The lowest BCUT2D eigenvalue weighted by molar-refractivity contribution is 0.337. The molecular weight excluding hydrogens is 267 g/mol. The molecule has 0 saturated carbocycles. The molecule has 0 amide bonds. The van der Waals surface area contributed by atoms with Gasteiger partial charge in [0, 0.05) is 5.56 Å². The summed E-state index contributed by atoms with van der Waals surface area (Å²) in [5, 5.41) is 0. The van der Waals surface area contributed by atoms with Crippen molar-refractivity contribution in [3.63, 3.8) is 0 Å². The van der Waals surface area contributed by atoms with Crippen molar-refractivity contribution >= 4 is 0 Å². The molecule has 0 aliphatic rings. The first kappa shape index (κ1) is 15.8. The number of nitrogens with two attached hydrogens (primary N) is 1. The highest BCUT2D eigenvalue weighted by Crippen LogP contribution is 2.31. The summed E-state index contributed by atoms with van der Waals surface area (Å²) in [6, 6.07) is -1.14. The van der Waals surface area contributed by atoms with E-state index in [1.165, 1.54) is 0 Å². The molecule has 2 unspecified atom stereocenters. The molecule has 19 heavy (non-hydrogen) atoms. The lowest BCUT2D eigenvalue weighted by Gasteiger charge is -2.21. The molecule has 2 atom stereocenters. The summed E-state index contributed by atoms with van der Waals surface area (Å²) in [5.41, 5.74) is 1.19. The highest BCUT2D eigenvalue weighted by molar-refractivity contribution is 5.27. The quantitative estimate of drug-likeness (QED) is 0.286. The van der Waals surface area contributed by atoms with Gasteiger partial charge in [0.2, 0.25) is 5.82 Å². The fraction of sp³-hybridized carbons (Fsp3) is 0.500. The van der Waals surface area contributed by atoms with E-state index in [2.05, 4.69) is 5.43 Å². The summed E-state index contributed by atoms with van der Waals surface area (Å²) in [7, 11) is 0. The van der Waals surface area contributed by atoms with E-state index in [-0.39, 0.29) is 12.3 Å². The van der Waals surface area contributed by atoms with Gasteiger partial charge in [-0.3, -0.25) is 11.3 Å². The van der Waals surface area contributed by atoms with E-state index in [9.17, 15) is 22.0 Å². The van der Waals surface area contributed by atoms with Crippen molar-refractivity contribution in [3.8, 4) is 0 Å². The minimum Gasteiger partial charge on any atom is -0.271 e. The van der Waals surface area contributed by atoms with Crippen LogP contribution >= 0.6 is 0 Å². The summed E-state index contributed by atoms with van der Waals surface area (Å²) in [6.45, 7) is 3.63. The van der Waals surface area contributed by atoms with Crippen molar-refractivity contribution in [3.05, 3.63) is 34.6 Å². The number of nitrogens with one attached hydrogen (secondary N) is 1. The van der Waals surface area contributed by atoms with Crippen LogP contribution in [0.4, 0.5) is 22.0 Å². The molecule has 0 heterocycles. The maximum absolute atomic E-state index is 13.6. The number of benzene rings is 1. The maximum Gasteiger partial charge on any atom is 0.200 e. The van der Waals surface area contributed by atoms with Crippen LogP contribution in [0.5, 0.6) is 0 Å². The summed E-state index contributed by atoms with van der Waals surface area (Å²) in [4.78, 5) is 0. The Morgan fingerprint density at radius 2 is 1.37 bits per heavy atom. The molecule has 0 aliphatic heterocycles. The molecule has 1 rings (SSSR count). The van der Waals surface area contributed by atoms with Crippen LogP contribution < -0.4 is 11.3 Å². The standard InChI is InChI=1S/C12H15F5N2/c1-3-5(2)4-6(19-18)7-8(13)10(15)12(17)11(16)9(7)14/h5-6,19H,3-4,18H2,1-2H3. The van der Waals surface area contributed by atoms with Gasteiger partial charge < -0.3 is 0 Å². The second-order valence-corrected chi connectivity index (χ2v) is 4.45. The molecule has 1 aromatic rings. The Morgan fingerprint density at radius 3 is 1.74 bits per heavy atom. The van der Waals surface area contributed by atoms with Crippen molar-refractivity contribution in [2.75, 3.05) is 0 Å². The molecular formula is C12H15F5N2. The van der Waals surface area contributed by atoms with E-state index < -0.39 is 40.7 Å². The van der Waals surface area contributed by atoms with Crippen LogP contribution in [-0.4, -0.2) is 0 Å². The van der Waals surface area contributed by atoms with E-state index in [0.717, 1.165) is 0 Å². The molecule has 2 nitrogen and oxygen atoms in total. The van der Waals surface area contributed by atoms with Gasteiger partial charge in [-0.2, -0.15) is 0 Å². The second kappa shape index (κ2) is 6.29. The van der Waals surface area contributed by atoms with Gasteiger partial charge in [-0.15, -0.1) is 0 Å². The highest BCUT2D eigenvalue weighted by Gasteiger charge is 2.30. The predicted octanol–water partition coefficient (Wildman–Crippen LogP) is 3.32. The zero-order valence-electron chi connectivity index (χ0n) is 10.5. The Bertz CT molecular complexity index is 435. The highest BCUT2D eigenvalue weighted by atomic mass is 19.2. The molecule has 0 aromatic heterocycles. The monoisotopic (exact) mass is 282 g/mol. The van der Waals surface area contributed by atoms with E-state index in [0.29, 0.717) is 6.42 Å². The topological polar surface area (TPSA) is 38.0 Å². The number of rotatable bonds is 5. The average Bonchev–Trinajstić information content (AvgIpc) is 2.41. The molecule has 0 spiro atoms. The lowest BCUT2D eigenvalue weighted by atomic mass is 9.93. The Kier molecular flexibility index (Phi) is 5.25. The summed E-state index contributed by atoms with van der Waals surface area (Å²) in [6.07, 6.45) is 0.846. The minimum atomic E-state index is -2.17. The van der Waals surface area contributed by atoms with Crippen molar-refractivity contribution in [2.24, 2.45) is 11.8 Å². The van der Waals surface area contributed by atoms with E-state index in [1.54, 1.807) is 6.92 Å². The Balaban J connectivity index is 3.32. The number of hydrogen-bond donors (Lipinski definition) is 2. The van der Waals surface area contributed by atoms with Crippen LogP contribution in [0.25, 0.3) is 0 Å². The zero-order chi connectivity index (χ0) is 14.7. The first-order valence-corrected chi connectivity index (χ1v) is 5.82. The summed E-state index contributed by atoms with van der Waals surface area (Å²) >= 11 is 0. The fourth-order valence-corrected chi connectivity index (χ4v) is 1.77. The molecule has 1 aromatic carbocycles. The first-order chi connectivity index (χ1) is 8.84. The fourth-order valence-electron chi connectivity index (χ4n) is 1.77. The van der Waals surface area contributed by atoms with Gasteiger partial charge in [-0.05, 0) is 12.3 Å². The third-order valence-corrected chi connectivity index (χ3v) is 3.13. The lowest BCUT2D eigenvalue weighted by Crippen LogP contribution is -2.31.